The Hall–Kier alpha value is -2.57. The molecule has 1 amide bonds. The zero-order chi connectivity index (χ0) is 20.6. The summed E-state index contributed by atoms with van der Waals surface area (Å²) in [4.78, 5) is 17.6. The summed E-state index contributed by atoms with van der Waals surface area (Å²) in [5.74, 6) is 1.78. The number of carbonyl (C=O) groups is 1. The zero-order valence-electron chi connectivity index (χ0n) is 17.3. The first-order valence-corrected chi connectivity index (χ1v) is 11.6. The van der Waals surface area contributed by atoms with Crippen molar-refractivity contribution in [3.8, 4) is 0 Å². The van der Waals surface area contributed by atoms with Crippen molar-refractivity contribution < 1.29 is 9.28 Å². The van der Waals surface area contributed by atoms with Crippen molar-refractivity contribution in [2.75, 3.05) is 31.1 Å². The van der Waals surface area contributed by atoms with Crippen LogP contribution in [0.1, 0.15) is 39.6 Å². The zero-order valence-corrected chi connectivity index (χ0v) is 18.1. The third kappa shape index (κ3) is 3.34. The Labute approximate surface area is 181 Å². The summed E-state index contributed by atoms with van der Waals surface area (Å²) in [5.41, 5.74) is 1.95. The van der Waals surface area contributed by atoms with Gasteiger partial charge < -0.3 is 4.90 Å². The summed E-state index contributed by atoms with van der Waals surface area (Å²) in [6.45, 7) is 5.60. The van der Waals surface area contributed by atoms with Gasteiger partial charge in [0, 0.05) is 29.8 Å². The van der Waals surface area contributed by atoms with E-state index in [1.165, 1.54) is 4.88 Å². The number of nitrogens with zero attached hydrogens (tertiary/aromatic N) is 4. The van der Waals surface area contributed by atoms with E-state index < -0.39 is 0 Å². The van der Waals surface area contributed by atoms with Gasteiger partial charge in [-0.1, -0.05) is 24.3 Å². The van der Waals surface area contributed by atoms with Crippen molar-refractivity contribution in [3.05, 3.63) is 76.1 Å². The van der Waals surface area contributed by atoms with E-state index in [1.807, 2.05) is 41.7 Å². The predicted molar refractivity (Wildman–Crippen MR) is 120 cm³/mol. The highest BCUT2D eigenvalue weighted by Crippen LogP contribution is 2.39. The van der Waals surface area contributed by atoms with Gasteiger partial charge in [0.1, 0.15) is 6.04 Å². The minimum absolute atomic E-state index is 0.293. The van der Waals surface area contributed by atoms with Gasteiger partial charge in [-0.05, 0) is 42.1 Å². The van der Waals surface area contributed by atoms with E-state index in [4.69, 9.17) is 0 Å². The molecule has 30 heavy (non-hydrogen) atoms. The van der Waals surface area contributed by atoms with E-state index in [2.05, 4.69) is 45.6 Å². The fourth-order valence-electron chi connectivity index (χ4n) is 5.04. The highest BCUT2D eigenvalue weighted by molar-refractivity contribution is 7.10. The lowest BCUT2D eigenvalue weighted by atomic mass is 9.88. The second-order valence-electron chi connectivity index (χ2n) is 8.53. The number of anilines is 1. The molecule has 2 aliphatic rings. The number of aromatic nitrogens is 2. The molecule has 0 saturated carbocycles. The van der Waals surface area contributed by atoms with Gasteiger partial charge in [0.2, 0.25) is 0 Å². The van der Waals surface area contributed by atoms with Crippen LogP contribution in [0.15, 0.2) is 60.1 Å². The number of hydrogen-bond acceptors (Lipinski definition) is 5. The van der Waals surface area contributed by atoms with Crippen molar-refractivity contribution in [1.82, 2.24) is 10.2 Å². The van der Waals surface area contributed by atoms with Crippen LogP contribution < -0.4 is 4.90 Å². The fraction of sp³-hybridized carbons (Fsp3) is 0.375. The highest BCUT2D eigenvalue weighted by Gasteiger charge is 2.52. The van der Waals surface area contributed by atoms with Crippen LogP contribution in [-0.2, 0) is 0 Å². The maximum atomic E-state index is 13.9. The van der Waals surface area contributed by atoms with Gasteiger partial charge in [-0.3, -0.25) is 4.48 Å². The summed E-state index contributed by atoms with van der Waals surface area (Å²) in [6, 6.07) is 16.7. The third-order valence-electron chi connectivity index (χ3n) is 6.92. The molecule has 2 aliphatic heterocycles. The number of hydrogen-bond donors (Lipinski definition) is 0. The molecule has 1 aromatic carbocycles. The van der Waals surface area contributed by atoms with Crippen LogP contribution in [0.2, 0.25) is 0 Å². The number of piperidine rings is 1. The van der Waals surface area contributed by atoms with Gasteiger partial charge >= 0.3 is 5.91 Å². The molecule has 3 aromatic rings. The highest BCUT2D eigenvalue weighted by atomic mass is 32.1. The molecule has 6 heteroatoms. The van der Waals surface area contributed by atoms with Gasteiger partial charge in [-0.15, -0.1) is 16.4 Å². The van der Waals surface area contributed by atoms with Gasteiger partial charge in [0.15, 0.2) is 5.82 Å². The number of thiophene rings is 1. The minimum atomic E-state index is 0.293. The van der Waals surface area contributed by atoms with Crippen molar-refractivity contribution in [2.24, 2.45) is 0 Å². The number of carbonyl (C=O) groups excluding carboxylic acids is 1. The molecule has 0 unspecified atom stereocenters. The first-order valence-electron chi connectivity index (χ1n) is 10.7. The standard InChI is InChI=1S/C24H27N4OS/c1-18-6-2-3-7-21(18)24(29)28(13-10-19(11-14-28)22-8-5-15-30-22)20-16-27(17-20)23-9-4-12-25-26-23/h2-9,12,15,19-20H,10-11,13-14,16-17H2,1H3/q+1. The first kappa shape index (κ1) is 19.4. The van der Waals surface area contributed by atoms with Gasteiger partial charge in [0.05, 0.1) is 31.7 Å². The van der Waals surface area contributed by atoms with Gasteiger partial charge in [-0.2, -0.15) is 5.10 Å². The van der Waals surface area contributed by atoms with Crippen LogP contribution in [0.3, 0.4) is 0 Å². The average Bonchev–Trinajstić information content (AvgIpc) is 3.29. The summed E-state index contributed by atoms with van der Waals surface area (Å²) in [6.07, 6.45) is 3.84. The lowest BCUT2D eigenvalue weighted by Gasteiger charge is -2.53. The molecule has 0 spiro atoms. The summed E-state index contributed by atoms with van der Waals surface area (Å²) >= 11 is 1.85. The van der Waals surface area contributed by atoms with Crippen LogP contribution in [0.5, 0.6) is 0 Å². The quantitative estimate of drug-likeness (QED) is 0.593. The fourth-order valence-corrected chi connectivity index (χ4v) is 5.94. The average molecular weight is 420 g/mol. The smallest absolute Gasteiger partial charge is 0.343 e. The molecule has 0 N–H and O–H groups in total. The van der Waals surface area contributed by atoms with Gasteiger partial charge in [0.25, 0.3) is 0 Å². The van der Waals surface area contributed by atoms with E-state index in [0.29, 0.717) is 22.3 Å². The van der Waals surface area contributed by atoms with Crippen molar-refractivity contribution >= 4 is 23.1 Å². The molecule has 0 bridgehead atoms. The Bertz CT molecular complexity index is 1010. The second kappa shape index (κ2) is 7.93. The molecular weight excluding hydrogens is 392 g/mol. The molecule has 0 radical (unpaired) electrons. The van der Waals surface area contributed by atoms with E-state index in [-0.39, 0.29) is 0 Å². The van der Waals surface area contributed by atoms with Gasteiger partial charge in [-0.25, -0.2) is 4.79 Å². The third-order valence-corrected chi connectivity index (χ3v) is 7.96. The lowest BCUT2D eigenvalue weighted by molar-refractivity contribution is -0.880. The second-order valence-corrected chi connectivity index (χ2v) is 9.51. The van der Waals surface area contributed by atoms with Crippen LogP contribution in [0.25, 0.3) is 0 Å². The van der Waals surface area contributed by atoms with E-state index in [9.17, 15) is 4.79 Å². The van der Waals surface area contributed by atoms with Crippen LogP contribution >= 0.6 is 11.3 Å². The van der Waals surface area contributed by atoms with Crippen LogP contribution in [-0.4, -0.2) is 52.8 Å². The Balaban J connectivity index is 1.41. The molecule has 154 valence electrons. The van der Waals surface area contributed by atoms with E-state index >= 15 is 0 Å². The largest absolute Gasteiger partial charge is 0.346 e. The monoisotopic (exact) mass is 419 g/mol. The Morgan fingerprint density at radius 3 is 2.53 bits per heavy atom. The molecule has 2 aromatic heterocycles. The maximum Gasteiger partial charge on any atom is 0.346 e. The normalized spacial score (nSPS) is 24.4. The lowest BCUT2D eigenvalue weighted by Crippen LogP contribution is -2.73. The molecule has 0 atom stereocenters. The predicted octanol–water partition coefficient (Wildman–Crippen LogP) is 4.27. The molecule has 2 saturated heterocycles. The number of aryl methyl sites for hydroxylation is 1. The van der Waals surface area contributed by atoms with Crippen LogP contribution in [0.4, 0.5) is 5.82 Å². The summed E-state index contributed by atoms with van der Waals surface area (Å²) in [7, 11) is 0. The number of benzene rings is 1. The molecule has 0 aliphatic carbocycles. The Morgan fingerprint density at radius 1 is 1.07 bits per heavy atom. The summed E-state index contributed by atoms with van der Waals surface area (Å²) < 4.78 is 0.573. The molecule has 2 fully saturated rings. The Kier molecular flexibility index (Phi) is 5.13. The molecule has 4 heterocycles. The Morgan fingerprint density at radius 2 is 1.87 bits per heavy atom. The number of amides is 1. The molecule has 5 nitrogen and oxygen atoms in total. The van der Waals surface area contributed by atoms with E-state index in [0.717, 1.165) is 56.0 Å². The van der Waals surface area contributed by atoms with E-state index in [1.54, 1.807) is 6.20 Å². The first-order chi connectivity index (χ1) is 14.7. The summed E-state index contributed by atoms with van der Waals surface area (Å²) in [5, 5.41) is 10.4. The molecule has 5 rings (SSSR count). The topological polar surface area (TPSA) is 46.1 Å². The number of rotatable bonds is 4. The van der Waals surface area contributed by atoms with Crippen molar-refractivity contribution in [1.29, 1.82) is 0 Å². The number of quaternary nitrogens is 1. The van der Waals surface area contributed by atoms with Crippen molar-refractivity contribution in [3.63, 3.8) is 0 Å². The van der Waals surface area contributed by atoms with Crippen molar-refractivity contribution in [2.45, 2.75) is 31.7 Å². The molecular formula is C24H27N4OS+. The minimum Gasteiger partial charge on any atom is -0.343 e. The maximum absolute atomic E-state index is 13.9. The van der Waals surface area contributed by atoms with Crippen LogP contribution in [0, 0.1) is 6.92 Å². The number of likely N-dealkylation sites (tertiary alicyclic amines) is 1. The SMILES string of the molecule is Cc1ccccc1C(=O)[N+]1(C2CN(c3cccnn3)C2)CCC(c2cccs2)CC1.